The molecule has 3 aromatic carbocycles. The molecule has 0 bridgehead atoms. The van der Waals surface area contributed by atoms with Gasteiger partial charge >= 0.3 is 0 Å². The molecule has 0 spiro atoms. The van der Waals surface area contributed by atoms with Crippen LogP contribution >= 0.6 is 0 Å². The van der Waals surface area contributed by atoms with Crippen molar-refractivity contribution in [1.82, 2.24) is 9.88 Å². The lowest BCUT2D eigenvalue weighted by atomic mass is 10.1. The SMILES string of the molecule is Cc1ccc(OCCn2cc(/C=C(\C#N)C(=O)NCc3ccc4c(c3)OCO4)c3ccccc32)cc1C. The van der Waals surface area contributed by atoms with Crippen LogP contribution in [-0.2, 0) is 17.9 Å². The molecule has 1 aliphatic heterocycles. The van der Waals surface area contributed by atoms with E-state index in [1.807, 2.05) is 66.9 Å². The van der Waals surface area contributed by atoms with Gasteiger partial charge < -0.3 is 24.1 Å². The van der Waals surface area contributed by atoms with Crippen LogP contribution in [0.5, 0.6) is 17.2 Å². The zero-order valence-electron chi connectivity index (χ0n) is 20.8. The molecule has 0 radical (unpaired) electrons. The second kappa shape index (κ2) is 10.5. The highest BCUT2D eigenvalue weighted by atomic mass is 16.7. The van der Waals surface area contributed by atoms with Gasteiger partial charge in [0, 0.05) is 29.2 Å². The lowest BCUT2D eigenvalue weighted by molar-refractivity contribution is -0.117. The molecule has 0 unspecified atom stereocenters. The lowest BCUT2D eigenvalue weighted by Crippen LogP contribution is -2.23. The Morgan fingerprint density at radius 3 is 2.76 bits per heavy atom. The summed E-state index contributed by atoms with van der Waals surface area (Å²) in [6, 6.07) is 21.5. The average molecular weight is 494 g/mol. The molecule has 37 heavy (non-hydrogen) atoms. The molecule has 0 saturated carbocycles. The van der Waals surface area contributed by atoms with Crippen molar-refractivity contribution < 1.29 is 19.0 Å². The smallest absolute Gasteiger partial charge is 0.262 e. The summed E-state index contributed by atoms with van der Waals surface area (Å²) in [5, 5.41) is 13.5. The zero-order valence-corrected chi connectivity index (χ0v) is 20.8. The number of benzene rings is 3. The van der Waals surface area contributed by atoms with Gasteiger partial charge in [-0.05, 0) is 66.9 Å². The molecule has 1 amide bonds. The molecule has 0 atom stereocenters. The number of ether oxygens (including phenoxy) is 3. The Bertz CT molecular complexity index is 1540. The van der Waals surface area contributed by atoms with Gasteiger partial charge in [0.1, 0.15) is 24.0 Å². The number of aromatic nitrogens is 1. The summed E-state index contributed by atoms with van der Waals surface area (Å²) >= 11 is 0. The molecular weight excluding hydrogens is 466 g/mol. The van der Waals surface area contributed by atoms with Crippen molar-refractivity contribution in [2.24, 2.45) is 0 Å². The summed E-state index contributed by atoms with van der Waals surface area (Å²) < 4.78 is 18.8. The van der Waals surface area contributed by atoms with Crippen LogP contribution in [-0.4, -0.2) is 23.9 Å². The van der Waals surface area contributed by atoms with Gasteiger partial charge in [0.05, 0.1) is 6.54 Å². The predicted octanol–water partition coefficient (Wildman–Crippen LogP) is 5.29. The Balaban J connectivity index is 1.30. The highest BCUT2D eigenvalue weighted by Crippen LogP contribution is 2.32. The van der Waals surface area contributed by atoms with Crippen LogP contribution in [0.3, 0.4) is 0 Å². The quantitative estimate of drug-likeness (QED) is 0.266. The van der Waals surface area contributed by atoms with Crippen LogP contribution in [0.1, 0.15) is 22.3 Å². The summed E-state index contributed by atoms with van der Waals surface area (Å²) in [5.41, 5.74) is 5.13. The minimum absolute atomic E-state index is 0.0371. The van der Waals surface area contributed by atoms with Crippen molar-refractivity contribution in [3.05, 3.63) is 94.7 Å². The van der Waals surface area contributed by atoms with Crippen LogP contribution < -0.4 is 19.5 Å². The number of hydrogen-bond donors (Lipinski definition) is 1. The first-order valence-corrected chi connectivity index (χ1v) is 12.1. The van der Waals surface area contributed by atoms with E-state index in [-0.39, 0.29) is 18.9 Å². The summed E-state index contributed by atoms with van der Waals surface area (Å²) in [6.45, 7) is 5.72. The van der Waals surface area contributed by atoms with E-state index < -0.39 is 5.91 Å². The maximum absolute atomic E-state index is 12.8. The number of rotatable bonds is 8. The number of carbonyl (C=O) groups is 1. The predicted molar refractivity (Wildman–Crippen MR) is 141 cm³/mol. The van der Waals surface area contributed by atoms with Crippen molar-refractivity contribution in [2.75, 3.05) is 13.4 Å². The second-order valence-electron chi connectivity index (χ2n) is 8.93. The second-order valence-corrected chi connectivity index (χ2v) is 8.93. The van der Waals surface area contributed by atoms with Gasteiger partial charge in [-0.2, -0.15) is 5.26 Å². The number of hydrogen-bond acceptors (Lipinski definition) is 5. The van der Waals surface area contributed by atoms with Gasteiger partial charge in [-0.3, -0.25) is 4.79 Å². The Kier molecular flexibility index (Phi) is 6.82. The van der Waals surface area contributed by atoms with E-state index in [2.05, 4.69) is 29.8 Å². The number of nitriles is 1. The van der Waals surface area contributed by atoms with Crippen molar-refractivity contribution in [2.45, 2.75) is 26.9 Å². The van der Waals surface area contributed by atoms with Gasteiger partial charge in [-0.15, -0.1) is 0 Å². The van der Waals surface area contributed by atoms with Crippen molar-refractivity contribution in [3.8, 4) is 23.3 Å². The maximum Gasteiger partial charge on any atom is 0.262 e. The molecule has 7 nitrogen and oxygen atoms in total. The van der Waals surface area contributed by atoms with Gasteiger partial charge in [0.2, 0.25) is 6.79 Å². The molecule has 0 saturated heterocycles. The monoisotopic (exact) mass is 493 g/mol. The summed E-state index contributed by atoms with van der Waals surface area (Å²) in [5.74, 6) is 1.74. The minimum Gasteiger partial charge on any atom is -0.492 e. The molecule has 5 rings (SSSR count). The van der Waals surface area contributed by atoms with E-state index in [1.54, 1.807) is 6.08 Å². The summed E-state index contributed by atoms with van der Waals surface area (Å²) in [7, 11) is 0. The molecule has 1 N–H and O–H groups in total. The third-order valence-corrected chi connectivity index (χ3v) is 6.45. The number of carbonyl (C=O) groups excluding carboxylic acids is 1. The van der Waals surface area contributed by atoms with E-state index in [4.69, 9.17) is 14.2 Å². The molecule has 2 heterocycles. The summed E-state index contributed by atoms with van der Waals surface area (Å²) in [4.78, 5) is 12.8. The number of fused-ring (bicyclic) bond motifs is 2. The van der Waals surface area contributed by atoms with E-state index in [1.165, 1.54) is 11.1 Å². The molecule has 186 valence electrons. The molecule has 1 aromatic heterocycles. The number of para-hydroxylation sites is 1. The lowest BCUT2D eigenvalue weighted by Gasteiger charge is -2.10. The number of nitrogens with zero attached hydrogens (tertiary/aromatic N) is 2. The van der Waals surface area contributed by atoms with Crippen molar-refractivity contribution in [1.29, 1.82) is 5.26 Å². The normalized spacial score (nSPS) is 12.4. The summed E-state index contributed by atoms with van der Waals surface area (Å²) in [6.07, 6.45) is 3.59. The molecule has 1 aliphatic rings. The minimum atomic E-state index is -0.435. The Morgan fingerprint density at radius 1 is 1.08 bits per heavy atom. The Morgan fingerprint density at radius 2 is 1.92 bits per heavy atom. The highest BCUT2D eigenvalue weighted by molar-refractivity contribution is 6.04. The fourth-order valence-corrected chi connectivity index (χ4v) is 4.27. The average Bonchev–Trinajstić information content (AvgIpc) is 3.52. The van der Waals surface area contributed by atoms with Crippen LogP contribution in [0, 0.1) is 25.2 Å². The van der Waals surface area contributed by atoms with Crippen LogP contribution in [0.4, 0.5) is 0 Å². The van der Waals surface area contributed by atoms with E-state index in [9.17, 15) is 10.1 Å². The fourth-order valence-electron chi connectivity index (χ4n) is 4.27. The Hall–Kier alpha value is -4.70. The topological polar surface area (TPSA) is 85.5 Å². The van der Waals surface area contributed by atoms with Crippen LogP contribution in [0.15, 0.2) is 72.4 Å². The van der Waals surface area contributed by atoms with Gasteiger partial charge in [-0.1, -0.05) is 30.3 Å². The van der Waals surface area contributed by atoms with Gasteiger partial charge in [-0.25, -0.2) is 0 Å². The standard InChI is InChI=1S/C30H27N3O4/c1-20-7-9-25(13-21(20)2)35-12-11-33-18-24(26-5-3-4-6-27(26)33)15-23(16-31)30(34)32-17-22-8-10-28-29(14-22)37-19-36-28/h3-10,13-15,18H,11-12,17,19H2,1-2H3,(H,32,34)/b23-15+. The van der Waals surface area contributed by atoms with Gasteiger partial charge in [0.25, 0.3) is 5.91 Å². The molecule has 7 heteroatoms. The fraction of sp³-hybridized carbons (Fsp3) is 0.200. The largest absolute Gasteiger partial charge is 0.492 e. The molecule has 4 aromatic rings. The number of amides is 1. The molecular formula is C30H27N3O4. The number of nitrogens with one attached hydrogen (secondary N) is 1. The number of aryl methyl sites for hydroxylation is 2. The zero-order chi connectivity index (χ0) is 25.8. The Labute approximate surface area is 215 Å². The van der Waals surface area contributed by atoms with E-state index in [0.29, 0.717) is 24.7 Å². The third-order valence-electron chi connectivity index (χ3n) is 6.45. The first-order valence-electron chi connectivity index (χ1n) is 12.1. The van der Waals surface area contributed by atoms with E-state index >= 15 is 0 Å². The van der Waals surface area contributed by atoms with Crippen LogP contribution in [0.25, 0.3) is 17.0 Å². The van der Waals surface area contributed by atoms with Crippen molar-refractivity contribution in [3.63, 3.8) is 0 Å². The maximum atomic E-state index is 12.8. The van der Waals surface area contributed by atoms with Gasteiger partial charge in [0.15, 0.2) is 11.5 Å². The highest BCUT2D eigenvalue weighted by Gasteiger charge is 2.15. The first-order chi connectivity index (χ1) is 18.0. The third kappa shape index (κ3) is 5.29. The van der Waals surface area contributed by atoms with Crippen molar-refractivity contribution >= 4 is 22.9 Å². The first kappa shape index (κ1) is 24.0. The molecule has 0 fully saturated rings. The van der Waals surface area contributed by atoms with Crippen LogP contribution in [0.2, 0.25) is 0 Å². The molecule has 0 aliphatic carbocycles. The van der Waals surface area contributed by atoms with E-state index in [0.717, 1.165) is 27.8 Å².